The number of carbonyl (C=O) groups excluding carboxylic acids is 1. The zero-order valence-electron chi connectivity index (χ0n) is 3.76. The summed E-state index contributed by atoms with van der Waals surface area (Å²) in [6.07, 6.45) is 1.70. The van der Waals surface area contributed by atoms with Crippen LogP contribution >= 0.6 is 11.8 Å². The van der Waals surface area contributed by atoms with Crippen molar-refractivity contribution in [3.05, 3.63) is 0 Å². The summed E-state index contributed by atoms with van der Waals surface area (Å²) in [6, 6.07) is 0. The fourth-order valence-corrected chi connectivity index (χ4v) is 0.274. The second kappa shape index (κ2) is 3.03. The third-order valence-corrected chi connectivity index (χ3v) is 0.889. The number of hydrogen-bond acceptors (Lipinski definition) is 2. The highest BCUT2D eigenvalue weighted by molar-refractivity contribution is 8.12. The molecular formula is C3H6NOS. The molecule has 0 aliphatic heterocycles. The maximum absolute atomic E-state index is 9.98. The summed E-state index contributed by atoms with van der Waals surface area (Å²) in [5, 5.41) is 3.22. The number of rotatable bonds is 0. The van der Waals surface area contributed by atoms with E-state index in [9.17, 15) is 4.79 Å². The Balaban J connectivity index is 2.99. The maximum Gasteiger partial charge on any atom is 0.299 e. The highest BCUT2D eigenvalue weighted by Gasteiger charge is 1.88. The fourth-order valence-electron chi connectivity index (χ4n) is 0.0913. The smallest absolute Gasteiger partial charge is 0.260 e. The Bertz CT molecular complexity index is 48.8. The van der Waals surface area contributed by atoms with Crippen LogP contribution in [0.25, 0.3) is 0 Å². The second-order valence-corrected chi connectivity index (χ2v) is 1.45. The number of hydrogen-bond donors (Lipinski definition) is 0. The predicted octanol–water partition coefficient (Wildman–Crippen LogP) is 0.704. The van der Waals surface area contributed by atoms with Crippen LogP contribution in [0.15, 0.2) is 0 Å². The van der Waals surface area contributed by atoms with Crippen LogP contribution in [0.5, 0.6) is 0 Å². The van der Waals surface area contributed by atoms with Crippen molar-refractivity contribution < 1.29 is 4.79 Å². The molecule has 1 radical (unpaired) electrons. The molecule has 0 saturated carbocycles. The van der Waals surface area contributed by atoms with Gasteiger partial charge in [-0.2, -0.15) is 0 Å². The van der Waals surface area contributed by atoms with Crippen molar-refractivity contribution >= 4 is 17.0 Å². The molecule has 0 unspecified atom stereocenters. The lowest BCUT2D eigenvalue weighted by Gasteiger charge is -1.82. The van der Waals surface area contributed by atoms with Gasteiger partial charge in [0, 0.05) is 7.05 Å². The number of amides is 1. The van der Waals surface area contributed by atoms with Crippen molar-refractivity contribution in [2.24, 2.45) is 0 Å². The van der Waals surface area contributed by atoms with Gasteiger partial charge in [-0.25, -0.2) is 5.32 Å². The first-order valence-corrected chi connectivity index (χ1v) is 2.71. The lowest BCUT2D eigenvalue weighted by Crippen LogP contribution is -2.00. The topological polar surface area (TPSA) is 31.2 Å². The van der Waals surface area contributed by atoms with Crippen LogP contribution in [0, 0.1) is 0 Å². The maximum atomic E-state index is 9.98. The summed E-state index contributed by atoms with van der Waals surface area (Å²) in [5.74, 6) is 0. The normalized spacial score (nSPS) is 7.67. The Hall–Kier alpha value is -0.180. The largest absolute Gasteiger partial charge is 0.299 e. The van der Waals surface area contributed by atoms with Gasteiger partial charge in [0.2, 0.25) is 0 Å². The van der Waals surface area contributed by atoms with Gasteiger partial charge in [-0.1, -0.05) is 11.8 Å². The van der Waals surface area contributed by atoms with Gasteiger partial charge < -0.3 is 0 Å². The first-order chi connectivity index (χ1) is 2.81. The molecule has 0 bridgehead atoms. The molecule has 0 rings (SSSR count). The summed E-state index contributed by atoms with van der Waals surface area (Å²) in [6.45, 7) is 0. The molecule has 0 aromatic rings. The van der Waals surface area contributed by atoms with E-state index in [1.807, 2.05) is 0 Å². The summed E-state index contributed by atoms with van der Waals surface area (Å²) >= 11 is 1.12. The lowest BCUT2D eigenvalue weighted by molar-refractivity contribution is 0.262. The Morgan fingerprint density at radius 1 is 1.83 bits per heavy atom. The fraction of sp³-hybridized carbons (Fsp3) is 0.667. The number of nitrogens with zero attached hydrogens (tertiary/aromatic N) is 1. The minimum absolute atomic E-state index is 0.116. The third-order valence-electron chi connectivity index (χ3n) is 0.357. The van der Waals surface area contributed by atoms with Crippen LogP contribution in [0.3, 0.4) is 0 Å². The van der Waals surface area contributed by atoms with Crippen LogP contribution in [0.4, 0.5) is 4.79 Å². The van der Waals surface area contributed by atoms with Crippen molar-refractivity contribution in [2.75, 3.05) is 13.3 Å². The van der Waals surface area contributed by atoms with E-state index in [0.717, 1.165) is 11.8 Å². The van der Waals surface area contributed by atoms with Crippen LogP contribution in [0.1, 0.15) is 0 Å². The van der Waals surface area contributed by atoms with E-state index >= 15 is 0 Å². The molecule has 0 aliphatic rings. The van der Waals surface area contributed by atoms with Crippen molar-refractivity contribution in [1.82, 2.24) is 5.32 Å². The molecule has 0 saturated heterocycles. The molecule has 0 aromatic heterocycles. The lowest BCUT2D eigenvalue weighted by atomic mass is 11.2. The summed E-state index contributed by atoms with van der Waals surface area (Å²) in [4.78, 5) is 9.98. The van der Waals surface area contributed by atoms with E-state index in [-0.39, 0.29) is 5.24 Å². The molecular weight excluding hydrogens is 98.1 g/mol. The zero-order chi connectivity index (χ0) is 4.99. The van der Waals surface area contributed by atoms with Crippen LogP contribution in [-0.4, -0.2) is 18.5 Å². The quantitative estimate of drug-likeness (QED) is 0.453. The molecule has 0 atom stereocenters. The van der Waals surface area contributed by atoms with E-state index in [1.54, 1.807) is 6.26 Å². The van der Waals surface area contributed by atoms with Crippen molar-refractivity contribution in [2.45, 2.75) is 0 Å². The number of carbonyl (C=O) groups is 1. The summed E-state index contributed by atoms with van der Waals surface area (Å²) in [7, 11) is 1.48. The van der Waals surface area contributed by atoms with Gasteiger partial charge in [-0.15, -0.1) is 0 Å². The highest BCUT2D eigenvalue weighted by Crippen LogP contribution is 1.90. The van der Waals surface area contributed by atoms with E-state index in [0.29, 0.717) is 0 Å². The van der Waals surface area contributed by atoms with Gasteiger partial charge in [0.15, 0.2) is 0 Å². The SMILES string of the molecule is C[N]C(=O)SC. The zero-order valence-corrected chi connectivity index (χ0v) is 4.58. The minimum Gasteiger partial charge on any atom is -0.260 e. The van der Waals surface area contributed by atoms with E-state index in [4.69, 9.17) is 0 Å². The Morgan fingerprint density at radius 3 is 2.33 bits per heavy atom. The Labute approximate surface area is 41.3 Å². The molecule has 0 aliphatic carbocycles. The van der Waals surface area contributed by atoms with Gasteiger partial charge in [-0.3, -0.25) is 4.79 Å². The molecule has 2 nitrogen and oxygen atoms in total. The Morgan fingerprint density at radius 2 is 2.33 bits per heavy atom. The van der Waals surface area contributed by atoms with Gasteiger partial charge in [0.05, 0.1) is 0 Å². The summed E-state index contributed by atoms with van der Waals surface area (Å²) < 4.78 is 0. The average molecular weight is 104 g/mol. The molecule has 1 amide bonds. The van der Waals surface area contributed by atoms with Crippen molar-refractivity contribution in [3.8, 4) is 0 Å². The predicted molar refractivity (Wildman–Crippen MR) is 27.0 cm³/mol. The molecule has 0 heterocycles. The molecule has 6 heavy (non-hydrogen) atoms. The first-order valence-electron chi connectivity index (χ1n) is 1.49. The average Bonchev–Trinajstić information content (AvgIpc) is 1.65. The summed E-state index contributed by atoms with van der Waals surface area (Å²) in [5.41, 5.74) is 0. The van der Waals surface area contributed by atoms with Crippen molar-refractivity contribution in [3.63, 3.8) is 0 Å². The van der Waals surface area contributed by atoms with Crippen LogP contribution in [-0.2, 0) is 0 Å². The van der Waals surface area contributed by atoms with E-state index < -0.39 is 0 Å². The van der Waals surface area contributed by atoms with Gasteiger partial charge in [0.1, 0.15) is 0 Å². The molecule has 0 aromatic carbocycles. The van der Waals surface area contributed by atoms with E-state index in [2.05, 4.69) is 5.32 Å². The first kappa shape index (κ1) is 5.82. The standard InChI is InChI=1S/C3H6NOS/c1-4-3(5)6-2/h1-2H3. The highest BCUT2D eigenvalue weighted by atomic mass is 32.2. The monoisotopic (exact) mass is 104 g/mol. The number of thioether (sulfide) groups is 1. The minimum atomic E-state index is -0.116. The molecule has 35 valence electrons. The van der Waals surface area contributed by atoms with Gasteiger partial charge in [-0.05, 0) is 6.26 Å². The van der Waals surface area contributed by atoms with Crippen LogP contribution < -0.4 is 5.32 Å². The van der Waals surface area contributed by atoms with Gasteiger partial charge in [0.25, 0.3) is 5.24 Å². The molecule has 0 spiro atoms. The Kier molecular flexibility index (Phi) is 2.94. The van der Waals surface area contributed by atoms with Gasteiger partial charge >= 0.3 is 0 Å². The van der Waals surface area contributed by atoms with E-state index in [1.165, 1.54) is 7.05 Å². The molecule has 0 fully saturated rings. The second-order valence-electron chi connectivity index (χ2n) is 0.694. The molecule has 0 N–H and O–H groups in total. The third kappa shape index (κ3) is 2.08. The van der Waals surface area contributed by atoms with Crippen molar-refractivity contribution in [1.29, 1.82) is 0 Å². The van der Waals surface area contributed by atoms with Crippen LogP contribution in [0.2, 0.25) is 0 Å². The molecule has 3 heteroatoms.